The van der Waals surface area contributed by atoms with E-state index in [0.717, 1.165) is 11.4 Å². The smallest absolute Gasteiger partial charge is 0.0382 e. The van der Waals surface area contributed by atoms with Crippen LogP contribution in [0.3, 0.4) is 0 Å². The maximum absolute atomic E-state index is 4.34. The number of hydrogen-bond donors (Lipinski definition) is 0. The molecule has 0 radical (unpaired) electrons. The van der Waals surface area contributed by atoms with E-state index >= 15 is 0 Å². The zero-order valence-electron chi connectivity index (χ0n) is 8.36. The Labute approximate surface area is 83.7 Å². The van der Waals surface area contributed by atoms with E-state index in [1.54, 1.807) is 12.4 Å². The third kappa shape index (κ3) is 1.79. The number of aryl methyl sites for hydroxylation is 2. The lowest BCUT2D eigenvalue weighted by atomic mass is 10.1. The number of rotatable bonds is 1. The van der Waals surface area contributed by atoms with E-state index in [9.17, 15) is 0 Å². The van der Waals surface area contributed by atoms with E-state index in [2.05, 4.69) is 22.1 Å². The monoisotopic (exact) mass is 184 g/mol. The van der Waals surface area contributed by atoms with Crippen LogP contribution in [0.5, 0.6) is 0 Å². The van der Waals surface area contributed by atoms with Crippen LogP contribution in [-0.2, 0) is 0 Å². The third-order valence-electron chi connectivity index (χ3n) is 2.10. The fraction of sp³-hybridized carbons (Fsp3) is 0.167. The van der Waals surface area contributed by atoms with Crippen molar-refractivity contribution in [3.63, 3.8) is 0 Å². The molecular weight excluding hydrogens is 172 g/mol. The average Bonchev–Trinajstić information content (AvgIpc) is 2.18. The molecule has 0 N–H and O–H groups in total. The van der Waals surface area contributed by atoms with Gasteiger partial charge in [0.2, 0.25) is 0 Å². The van der Waals surface area contributed by atoms with Crippen LogP contribution in [-0.4, -0.2) is 9.97 Å². The molecule has 0 aliphatic rings. The summed E-state index contributed by atoms with van der Waals surface area (Å²) in [4.78, 5) is 8.34. The van der Waals surface area contributed by atoms with Crippen LogP contribution >= 0.6 is 0 Å². The predicted molar refractivity (Wildman–Crippen MR) is 56.9 cm³/mol. The molecule has 14 heavy (non-hydrogen) atoms. The molecule has 0 atom stereocenters. The van der Waals surface area contributed by atoms with Gasteiger partial charge in [0.05, 0.1) is 0 Å². The Morgan fingerprint density at radius 2 is 1.43 bits per heavy atom. The van der Waals surface area contributed by atoms with Crippen molar-refractivity contribution in [1.29, 1.82) is 0 Å². The SMILES string of the molecule is Cc1cc(-c2ccncc2)cc(C)n1. The minimum atomic E-state index is 1.05. The minimum absolute atomic E-state index is 1.05. The highest BCUT2D eigenvalue weighted by Crippen LogP contribution is 2.19. The molecule has 2 heterocycles. The molecule has 0 bridgehead atoms. The summed E-state index contributed by atoms with van der Waals surface area (Å²) >= 11 is 0. The predicted octanol–water partition coefficient (Wildman–Crippen LogP) is 2.76. The molecule has 2 heteroatoms. The molecule has 0 saturated carbocycles. The molecule has 2 rings (SSSR count). The van der Waals surface area contributed by atoms with Gasteiger partial charge in [-0.25, -0.2) is 0 Å². The summed E-state index contributed by atoms with van der Waals surface area (Å²) < 4.78 is 0. The molecule has 2 aromatic heterocycles. The lowest BCUT2D eigenvalue weighted by molar-refractivity contribution is 1.12. The first-order chi connectivity index (χ1) is 6.75. The molecule has 0 unspecified atom stereocenters. The van der Waals surface area contributed by atoms with Gasteiger partial charge in [-0.2, -0.15) is 0 Å². The second-order valence-corrected chi connectivity index (χ2v) is 3.37. The van der Waals surface area contributed by atoms with Crippen molar-refractivity contribution in [2.45, 2.75) is 13.8 Å². The van der Waals surface area contributed by atoms with Crippen molar-refractivity contribution in [2.75, 3.05) is 0 Å². The molecule has 0 fully saturated rings. The standard InChI is InChI=1S/C12H12N2/c1-9-7-12(8-10(2)14-9)11-3-5-13-6-4-11/h3-8H,1-2H3. The molecule has 0 aliphatic heterocycles. The van der Waals surface area contributed by atoms with Gasteiger partial charge in [-0.3, -0.25) is 9.97 Å². The van der Waals surface area contributed by atoms with Crippen LogP contribution in [0.15, 0.2) is 36.7 Å². The van der Waals surface area contributed by atoms with E-state index in [1.807, 2.05) is 26.0 Å². The van der Waals surface area contributed by atoms with E-state index in [0.29, 0.717) is 0 Å². The highest BCUT2D eigenvalue weighted by Gasteiger charge is 1.99. The first-order valence-electron chi connectivity index (χ1n) is 4.61. The van der Waals surface area contributed by atoms with E-state index < -0.39 is 0 Å². The van der Waals surface area contributed by atoms with Crippen molar-refractivity contribution < 1.29 is 0 Å². The molecule has 0 aliphatic carbocycles. The first kappa shape index (κ1) is 8.88. The fourth-order valence-electron chi connectivity index (χ4n) is 1.55. The fourth-order valence-corrected chi connectivity index (χ4v) is 1.55. The number of nitrogens with zero attached hydrogens (tertiary/aromatic N) is 2. The summed E-state index contributed by atoms with van der Waals surface area (Å²) in [6.45, 7) is 4.02. The van der Waals surface area contributed by atoms with Crippen molar-refractivity contribution in [1.82, 2.24) is 9.97 Å². The highest BCUT2D eigenvalue weighted by molar-refractivity contribution is 5.63. The normalized spacial score (nSPS) is 10.1. The molecular formula is C12H12N2. The molecule has 2 aromatic rings. The van der Waals surface area contributed by atoms with Gasteiger partial charge in [-0.05, 0) is 49.2 Å². The third-order valence-corrected chi connectivity index (χ3v) is 2.10. The van der Waals surface area contributed by atoms with Gasteiger partial charge in [0.15, 0.2) is 0 Å². The van der Waals surface area contributed by atoms with Crippen LogP contribution in [0.4, 0.5) is 0 Å². The van der Waals surface area contributed by atoms with Crippen LogP contribution in [0.1, 0.15) is 11.4 Å². The molecule has 0 aromatic carbocycles. The summed E-state index contributed by atoms with van der Waals surface area (Å²) in [7, 11) is 0. The van der Waals surface area contributed by atoms with Crippen molar-refractivity contribution in [3.05, 3.63) is 48.0 Å². The van der Waals surface area contributed by atoms with Gasteiger partial charge in [0.1, 0.15) is 0 Å². The molecule has 0 saturated heterocycles. The van der Waals surface area contributed by atoms with Gasteiger partial charge >= 0.3 is 0 Å². The summed E-state index contributed by atoms with van der Waals surface area (Å²) in [6.07, 6.45) is 3.61. The Morgan fingerprint density at radius 3 is 2.00 bits per heavy atom. The van der Waals surface area contributed by atoms with E-state index in [4.69, 9.17) is 0 Å². The van der Waals surface area contributed by atoms with Gasteiger partial charge in [0.25, 0.3) is 0 Å². The van der Waals surface area contributed by atoms with Crippen molar-refractivity contribution in [2.24, 2.45) is 0 Å². The van der Waals surface area contributed by atoms with Gasteiger partial charge < -0.3 is 0 Å². The second-order valence-electron chi connectivity index (χ2n) is 3.37. The lowest BCUT2D eigenvalue weighted by Gasteiger charge is -2.03. The maximum Gasteiger partial charge on any atom is 0.0382 e. The van der Waals surface area contributed by atoms with Gasteiger partial charge in [-0.15, -0.1) is 0 Å². The first-order valence-corrected chi connectivity index (χ1v) is 4.61. The van der Waals surface area contributed by atoms with E-state index in [1.165, 1.54) is 11.1 Å². The maximum atomic E-state index is 4.34. The van der Waals surface area contributed by atoms with Crippen LogP contribution in [0.2, 0.25) is 0 Å². The van der Waals surface area contributed by atoms with Crippen LogP contribution < -0.4 is 0 Å². The number of aromatic nitrogens is 2. The Hall–Kier alpha value is -1.70. The second kappa shape index (κ2) is 3.58. The largest absolute Gasteiger partial charge is 0.265 e. The summed E-state index contributed by atoms with van der Waals surface area (Å²) in [5.74, 6) is 0. The lowest BCUT2D eigenvalue weighted by Crippen LogP contribution is -1.87. The molecule has 0 spiro atoms. The molecule has 70 valence electrons. The Morgan fingerprint density at radius 1 is 0.857 bits per heavy atom. The van der Waals surface area contributed by atoms with Gasteiger partial charge in [-0.1, -0.05) is 0 Å². The molecule has 2 nitrogen and oxygen atoms in total. The minimum Gasteiger partial charge on any atom is -0.265 e. The zero-order chi connectivity index (χ0) is 9.97. The Bertz CT molecular complexity index is 415. The van der Waals surface area contributed by atoms with Crippen LogP contribution in [0, 0.1) is 13.8 Å². The zero-order valence-corrected chi connectivity index (χ0v) is 8.36. The van der Waals surface area contributed by atoms with Crippen molar-refractivity contribution >= 4 is 0 Å². The number of pyridine rings is 2. The van der Waals surface area contributed by atoms with Crippen molar-refractivity contribution in [3.8, 4) is 11.1 Å². The Kier molecular flexibility index (Phi) is 2.27. The Balaban J connectivity index is 2.52. The van der Waals surface area contributed by atoms with Crippen LogP contribution in [0.25, 0.3) is 11.1 Å². The average molecular weight is 184 g/mol. The summed E-state index contributed by atoms with van der Waals surface area (Å²) in [5.41, 5.74) is 4.50. The summed E-state index contributed by atoms with van der Waals surface area (Å²) in [6, 6.07) is 8.19. The topological polar surface area (TPSA) is 25.8 Å². The highest BCUT2D eigenvalue weighted by atomic mass is 14.7. The van der Waals surface area contributed by atoms with E-state index in [-0.39, 0.29) is 0 Å². The summed E-state index contributed by atoms with van der Waals surface area (Å²) in [5, 5.41) is 0. The van der Waals surface area contributed by atoms with Gasteiger partial charge in [0, 0.05) is 23.8 Å². The molecule has 0 amide bonds. The quantitative estimate of drug-likeness (QED) is 0.681. The number of hydrogen-bond acceptors (Lipinski definition) is 2.